The highest BCUT2D eigenvalue weighted by molar-refractivity contribution is 5.92. The van der Waals surface area contributed by atoms with Crippen molar-refractivity contribution < 1.29 is 0 Å². The fourth-order valence-corrected chi connectivity index (χ4v) is 3.85. The predicted molar refractivity (Wildman–Crippen MR) is 91.3 cm³/mol. The molecule has 0 aromatic heterocycles. The molecular formula is C18H26N4. The zero-order valence-corrected chi connectivity index (χ0v) is 13.2. The normalized spacial score (nSPS) is 25.5. The van der Waals surface area contributed by atoms with Gasteiger partial charge in [0.15, 0.2) is 5.96 Å². The van der Waals surface area contributed by atoms with Gasteiger partial charge in [-0.2, -0.15) is 0 Å². The molecule has 4 rings (SSSR count). The van der Waals surface area contributed by atoms with Gasteiger partial charge in [-0.1, -0.05) is 6.07 Å². The molecule has 4 heteroatoms. The summed E-state index contributed by atoms with van der Waals surface area (Å²) in [5.74, 6) is 1.24. The molecule has 1 unspecified atom stereocenters. The van der Waals surface area contributed by atoms with Crippen molar-refractivity contribution in [2.75, 3.05) is 25.0 Å². The Bertz CT molecular complexity index is 576. The second-order valence-electron chi connectivity index (χ2n) is 7.07. The molecule has 3 aliphatic rings. The molecule has 2 aliphatic carbocycles. The number of benzene rings is 1. The van der Waals surface area contributed by atoms with Crippen LogP contribution in [0.1, 0.15) is 36.8 Å². The number of anilines is 1. The molecule has 22 heavy (non-hydrogen) atoms. The van der Waals surface area contributed by atoms with Crippen LogP contribution in [-0.4, -0.2) is 36.5 Å². The molecule has 0 spiro atoms. The Hall–Kier alpha value is -1.55. The molecule has 0 radical (unpaired) electrons. The molecule has 1 saturated heterocycles. The standard InChI is InChI=1S/C18H26N4/c19-18(20-11-13-8-9-22(12-13)17-6-7-17)21-16-5-4-14-2-1-3-15(14)10-16/h4-5,10,13,17H,1-3,6-9,11-12H2,(H3,19,20,21). The number of nitrogens with two attached hydrogens (primary N) is 1. The largest absolute Gasteiger partial charge is 0.370 e. The highest BCUT2D eigenvalue weighted by Crippen LogP contribution is 2.31. The maximum atomic E-state index is 6.06. The van der Waals surface area contributed by atoms with Crippen LogP contribution in [0.3, 0.4) is 0 Å². The van der Waals surface area contributed by atoms with Gasteiger partial charge in [-0.3, -0.25) is 4.99 Å². The third kappa shape index (κ3) is 3.12. The van der Waals surface area contributed by atoms with Crippen molar-refractivity contribution in [3.8, 4) is 0 Å². The molecule has 4 nitrogen and oxygen atoms in total. The number of hydrogen-bond acceptors (Lipinski definition) is 2. The van der Waals surface area contributed by atoms with Gasteiger partial charge in [0.2, 0.25) is 0 Å². The Labute approximate surface area is 132 Å². The van der Waals surface area contributed by atoms with E-state index in [4.69, 9.17) is 5.73 Å². The Morgan fingerprint density at radius 2 is 2.09 bits per heavy atom. The minimum atomic E-state index is 0.558. The number of rotatable bonds is 4. The van der Waals surface area contributed by atoms with E-state index in [0.29, 0.717) is 11.9 Å². The van der Waals surface area contributed by atoms with E-state index in [1.54, 1.807) is 0 Å². The zero-order chi connectivity index (χ0) is 14.9. The first kappa shape index (κ1) is 14.1. The lowest BCUT2D eigenvalue weighted by Crippen LogP contribution is -2.25. The van der Waals surface area contributed by atoms with Gasteiger partial charge in [-0.25, -0.2) is 0 Å². The monoisotopic (exact) mass is 298 g/mol. The lowest BCUT2D eigenvalue weighted by atomic mass is 10.1. The van der Waals surface area contributed by atoms with E-state index >= 15 is 0 Å². The Morgan fingerprint density at radius 1 is 1.23 bits per heavy atom. The SMILES string of the molecule is NC(=NCC1CCN(C2CC2)C1)Nc1ccc2c(c1)CCC2. The van der Waals surface area contributed by atoms with E-state index in [1.807, 2.05) is 0 Å². The van der Waals surface area contributed by atoms with Crippen molar-refractivity contribution >= 4 is 11.6 Å². The van der Waals surface area contributed by atoms with Gasteiger partial charge in [0.1, 0.15) is 0 Å². The molecule has 3 N–H and O–H groups in total. The molecular weight excluding hydrogens is 272 g/mol. The van der Waals surface area contributed by atoms with Crippen molar-refractivity contribution in [3.05, 3.63) is 29.3 Å². The summed E-state index contributed by atoms with van der Waals surface area (Å²) in [7, 11) is 0. The van der Waals surface area contributed by atoms with Gasteiger partial charge >= 0.3 is 0 Å². The van der Waals surface area contributed by atoms with E-state index in [2.05, 4.69) is 33.4 Å². The van der Waals surface area contributed by atoms with E-state index < -0.39 is 0 Å². The second kappa shape index (κ2) is 5.92. The van der Waals surface area contributed by atoms with Crippen molar-refractivity contribution in [1.29, 1.82) is 0 Å². The molecule has 0 amide bonds. The minimum absolute atomic E-state index is 0.558. The van der Waals surface area contributed by atoms with Crippen LogP contribution in [0.15, 0.2) is 23.2 Å². The fraction of sp³-hybridized carbons (Fsp3) is 0.611. The summed E-state index contributed by atoms with van der Waals surface area (Å²) >= 11 is 0. The van der Waals surface area contributed by atoms with Crippen LogP contribution in [0.2, 0.25) is 0 Å². The number of guanidine groups is 1. The van der Waals surface area contributed by atoms with Gasteiger partial charge in [0.25, 0.3) is 0 Å². The fourth-order valence-electron chi connectivity index (χ4n) is 3.85. The molecule has 0 bridgehead atoms. The van der Waals surface area contributed by atoms with E-state index in [-0.39, 0.29) is 0 Å². The summed E-state index contributed by atoms with van der Waals surface area (Å²) in [4.78, 5) is 7.20. The summed E-state index contributed by atoms with van der Waals surface area (Å²) in [6.45, 7) is 3.32. The summed E-state index contributed by atoms with van der Waals surface area (Å²) in [6.07, 6.45) is 7.77. The number of likely N-dealkylation sites (tertiary alicyclic amines) is 1. The first-order valence-corrected chi connectivity index (χ1v) is 8.71. The topological polar surface area (TPSA) is 53.6 Å². The van der Waals surface area contributed by atoms with Crippen molar-refractivity contribution in [2.24, 2.45) is 16.6 Å². The average Bonchev–Trinajstić information content (AvgIpc) is 3.08. The highest BCUT2D eigenvalue weighted by atomic mass is 15.2. The van der Waals surface area contributed by atoms with Gasteiger partial charge in [0, 0.05) is 24.8 Å². The number of aliphatic imine (C=N–C) groups is 1. The minimum Gasteiger partial charge on any atom is -0.370 e. The first-order chi connectivity index (χ1) is 10.8. The quantitative estimate of drug-likeness (QED) is 0.663. The summed E-state index contributed by atoms with van der Waals surface area (Å²) < 4.78 is 0. The lowest BCUT2D eigenvalue weighted by Gasteiger charge is -2.14. The van der Waals surface area contributed by atoms with E-state index in [0.717, 1.165) is 18.3 Å². The number of hydrogen-bond donors (Lipinski definition) is 2. The van der Waals surface area contributed by atoms with Crippen LogP contribution >= 0.6 is 0 Å². The summed E-state index contributed by atoms with van der Waals surface area (Å²) in [5.41, 5.74) is 10.1. The summed E-state index contributed by atoms with van der Waals surface area (Å²) in [6, 6.07) is 7.46. The van der Waals surface area contributed by atoms with Crippen LogP contribution in [0.4, 0.5) is 5.69 Å². The van der Waals surface area contributed by atoms with E-state index in [9.17, 15) is 0 Å². The van der Waals surface area contributed by atoms with Gasteiger partial charge in [0.05, 0.1) is 0 Å². The van der Waals surface area contributed by atoms with Gasteiger partial charge in [-0.15, -0.1) is 0 Å². The second-order valence-corrected chi connectivity index (χ2v) is 7.07. The molecule has 1 saturated carbocycles. The molecule has 2 fully saturated rings. The maximum absolute atomic E-state index is 6.06. The Kier molecular flexibility index (Phi) is 3.78. The Balaban J connectivity index is 1.30. The third-order valence-electron chi connectivity index (χ3n) is 5.27. The van der Waals surface area contributed by atoms with Crippen molar-refractivity contribution in [3.63, 3.8) is 0 Å². The molecule has 1 aromatic rings. The zero-order valence-electron chi connectivity index (χ0n) is 13.2. The van der Waals surface area contributed by atoms with Gasteiger partial charge in [-0.05, 0) is 74.2 Å². The van der Waals surface area contributed by atoms with E-state index in [1.165, 1.54) is 62.7 Å². The molecule has 1 heterocycles. The lowest BCUT2D eigenvalue weighted by molar-refractivity contribution is 0.315. The molecule has 1 atom stereocenters. The van der Waals surface area contributed by atoms with Crippen LogP contribution in [0.25, 0.3) is 0 Å². The van der Waals surface area contributed by atoms with Crippen LogP contribution in [0, 0.1) is 5.92 Å². The predicted octanol–water partition coefficient (Wildman–Crippen LogP) is 2.39. The van der Waals surface area contributed by atoms with Crippen LogP contribution < -0.4 is 11.1 Å². The van der Waals surface area contributed by atoms with Crippen molar-refractivity contribution in [2.45, 2.75) is 44.6 Å². The highest BCUT2D eigenvalue weighted by Gasteiger charge is 2.34. The molecule has 1 aromatic carbocycles. The number of fused-ring (bicyclic) bond motifs is 1. The van der Waals surface area contributed by atoms with Crippen molar-refractivity contribution in [1.82, 2.24) is 4.90 Å². The number of aryl methyl sites for hydroxylation is 2. The average molecular weight is 298 g/mol. The van der Waals surface area contributed by atoms with Crippen LogP contribution in [-0.2, 0) is 12.8 Å². The smallest absolute Gasteiger partial charge is 0.193 e. The number of nitrogens with zero attached hydrogens (tertiary/aromatic N) is 2. The van der Waals surface area contributed by atoms with Crippen LogP contribution in [0.5, 0.6) is 0 Å². The maximum Gasteiger partial charge on any atom is 0.193 e. The number of nitrogens with one attached hydrogen (secondary N) is 1. The third-order valence-corrected chi connectivity index (χ3v) is 5.27. The summed E-state index contributed by atoms with van der Waals surface area (Å²) in [5, 5.41) is 3.26. The van der Waals surface area contributed by atoms with Gasteiger partial charge < -0.3 is 16.0 Å². The first-order valence-electron chi connectivity index (χ1n) is 8.71. The molecule has 118 valence electrons. The molecule has 1 aliphatic heterocycles. The Morgan fingerprint density at radius 3 is 2.95 bits per heavy atom.